The molecular weight excluding hydrogens is 1330 g/mol. The van der Waals surface area contributed by atoms with E-state index in [0.29, 0.717) is 31.6 Å². The molecule has 0 saturated heterocycles. The van der Waals surface area contributed by atoms with Crippen LogP contribution in [-0.4, -0.2) is 96.7 Å². The van der Waals surface area contributed by atoms with Crippen LogP contribution in [0.3, 0.4) is 0 Å². The Morgan fingerprint density at radius 1 is 0.275 bits per heavy atom. The Morgan fingerprint density at radius 2 is 0.471 bits per heavy atom. The van der Waals surface area contributed by atoms with E-state index in [-0.39, 0.29) is 25.7 Å². The Labute approximate surface area is 626 Å². The molecule has 17 nitrogen and oxygen atoms in total. The zero-order valence-corrected chi connectivity index (χ0v) is 69.0. The minimum atomic E-state index is -4.96. The second-order valence-corrected chi connectivity index (χ2v) is 34.4. The fraction of sp³-hybridized carbons (Fsp3) is 0.952. The third kappa shape index (κ3) is 74.9. The zero-order chi connectivity index (χ0) is 75.3. The summed E-state index contributed by atoms with van der Waals surface area (Å²) in [5.41, 5.74) is 0. The number of carbonyl (C=O) groups is 4. The molecule has 0 fully saturated rings. The fourth-order valence-corrected chi connectivity index (χ4v) is 14.3. The molecule has 0 aromatic rings. The Kier molecular flexibility index (Phi) is 70.6. The number of phosphoric acid groups is 2. The van der Waals surface area contributed by atoms with Crippen molar-refractivity contribution in [3.05, 3.63) is 0 Å². The second-order valence-electron chi connectivity index (χ2n) is 31.5. The van der Waals surface area contributed by atoms with Gasteiger partial charge in [0.25, 0.3) is 0 Å². The average molecular weight is 1490 g/mol. The van der Waals surface area contributed by atoms with E-state index in [1.54, 1.807) is 0 Å². The first-order chi connectivity index (χ1) is 49.1. The number of aliphatic hydroxyl groups excluding tert-OH is 1. The van der Waals surface area contributed by atoms with Gasteiger partial charge in [0.1, 0.15) is 19.3 Å². The second kappa shape index (κ2) is 72.0. The molecule has 0 bridgehead atoms. The molecule has 19 heteroatoms. The van der Waals surface area contributed by atoms with Crippen molar-refractivity contribution in [2.45, 2.75) is 446 Å². The number of carbonyl (C=O) groups excluding carboxylic acids is 4. The topological polar surface area (TPSA) is 237 Å². The summed E-state index contributed by atoms with van der Waals surface area (Å²) in [6.45, 7) is 14.3. The summed E-state index contributed by atoms with van der Waals surface area (Å²) < 4.78 is 68.8. The Hall–Kier alpha value is -1.94. The van der Waals surface area contributed by atoms with Gasteiger partial charge < -0.3 is 33.8 Å². The predicted octanol–water partition coefficient (Wildman–Crippen LogP) is 24.8. The molecule has 0 spiro atoms. The van der Waals surface area contributed by atoms with Gasteiger partial charge in [-0.3, -0.25) is 37.3 Å². The lowest BCUT2D eigenvalue weighted by molar-refractivity contribution is -0.161. The van der Waals surface area contributed by atoms with E-state index in [1.807, 2.05) is 0 Å². The number of hydrogen-bond donors (Lipinski definition) is 3. The molecule has 3 N–H and O–H groups in total. The summed E-state index contributed by atoms with van der Waals surface area (Å²) in [5.74, 6) is 1.03. The summed E-state index contributed by atoms with van der Waals surface area (Å²) in [7, 11) is -9.93. The minimum absolute atomic E-state index is 0.106. The molecule has 0 saturated carbocycles. The Bertz CT molecular complexity index is 1990. The van der Waals surface area contributed by atoms with E-state index in [1.165, 1.54) is 225 Å². The third-order valence-electron chi connectivity index (χ3n) is 19.7. The molecule has 4 unspecified atom stereocenters. The van der Waals surface area contributed by atoms with E-state index in [4.69, 9.17) is 37.0 Å². The molecule has 0 rings (SSSR count). The van der Waals surface area contributed by atoms with E-state index in [9.17, 15) is 43.2 Å². The van der Waals surface area contributed by atoms with Gasteiger partial charge in [0, 0.05) is 25.7 Å². The monoisotopic (exact) mass is 1490 g/mol. The molecule has 606 valence electrons. The van der Waals surface area contributed by atoms with Crippen molar-refractivity contribution in [1.82, 2.24) is 0 Å². The first-order valence-electron chi connectivity index (χ1n) is 42.7. The normalized spacial score (nSPS) is 14.3. The number of rotatable bonds is 80. The summed E-state index contributed by atoms with van der Waals surface area (Å²) in [6.07, 6.45) is 59.7. The Balaban J connectivity index is 5.25. The number of ether oxygens (including phenoxy) is 4. The van der Waals surface area contributed by atoms with E-state index in [2.05, 4.69) is 55.4 Å². The Morgan fingerprint density at radius 3 is 0.696 bits per heavy atom. The highest BCUT2D eigenvalue weighted by Gasteiger charge is 2.30. The van der Waals surface area contributed by atoms with Crippen LogP contribution in [0.15, 0.2) is 0 Å². The molecule has 0 amide bonds. The lowest BCUT2D eigenvalue weighted by Gasteiger charge is -2.21. The van der Waals surface area contributed by atoms with Gasteiger partial charge in [0.2, 0.25) is 0 Å². The first-order valence-corrected chi connectivity index (χ1v) is 45.7. The highest BCUT2D eigenvalue weighted by Crippen LogP contribution is 2.45. The maximum atomic E-state index is 13.1. The standard InChI is InChI=1S/C83H162O17P2/c1-9-76(8)62-54-46-38-30-24-17-14-15-18-25-31-39-47-55-63-80(85)93-69-78(99-82(87)65-57-49-40-32-26-19-13-11-10-12-16-22-28-35-43-51-59-73(2)3)71-97-101(89,90)95-67-77(84)68-96-102(91,92)98-72-79(70-94-81(86)64-56-48-42-34-37-45-53-61-75(6)7)100-83(88)66-58-50-41-33-27-21-20-23-29-36-44-52-60-74(4)5/h73-79,84H,9-72H2,1-8H3,(H,89,90)(H,91,92)/t76?,77?,78-,79-/m1/s1. The van der Waals surface area contributed by atoms with Gasteiger partial charge in [-0.1, -0.05) is 376 Å². The van der Waals surface area contributed by atoms with Crippen molar-refractivity contribution in [3.8, 4) is 0 Å². The highest BCUT2D eigenvalue weighted by molar-refractivity contribution is 7.47. The van der Waals surface area contributed by atoms with Gasteiger partial charge in [-0.2, -0.15) is 0 Å². The van der Waals surface area contributed by atoms with Crippen LogP contribution in [0.2, 0.25) is 0 Å². The van der Waals surface area contributed by atoms with Crippen molar-refractivity contribution in [3.63, 3.8) is 0 Å². The van der Waals surface area contributed by atoms with Gasteiger partial charge in [0.05, 0.1) is 26.4 Å². The van der Waals surface area contributed by atoms with E-state index >= 15 is 0 Å². The van der Waals surface area contributed by atoms with Gasteiger partial charge in [-0.25, -0.2) is 9.13 Å². The van der Waals surface area contributed by atoms with Crippen molar-refractivity contribution in [1.29, 1.82) is 0 Å². The summed E-state index contributed by atoms with van der Waals surface area (Å²) in [6, 6.07) is 0. The molecule has 0 aromatic carbocycles. The number of unbranched alkanes of at least 4 members (excludes halogenated alkanes) is 45. The van der Waals surface area contributed by atoms with Crippen molar-refractivity contribution in [2.75, 3.05) is 39.6 Å². The molecule has 0 aromatic heterocycles. The fourth-order valence-electron chi connectivity index (χ4n) is 12.8. The molecule has 0 radical (unpaired) electrons. The molecule has 0 heterocycles. The third-order valence-corrected chi connectivity index (χ3v) is 21.6. The number of esters is 4. The summed E-state index contributed by atoms with van der Waals surface area (Å²) >= 11 is 0. The zero-order valence-electron chi connectivity index (χ0n) is 67.2. The maximum Gasteiger partial charge on any atom is 0.472 e. The van der Waals surface area contributed by atoms with Crippen LogP contribution >= 0.6 is 15.6 Å². The van der Waals surface area contributed by atoms with Crippen LogP contribution in [-0.2, 0) is 65.4 Å². The molecule has 0 aliphatic carbocycles. The summed E-state index contributed by atoms with van der Waals surface area (Å²) in [5, 5.41) is 10.7. The van der Waals surface area contributed by atoms with Crippen LogP contribution in [0.5, 0.6) is 0 Å². The average Bonchev–Trinajstić information content (AvgIpc) is 1.08. The predicted molar refractivity (Wildman–Crippen MR) is 418 cm³/mol. The summed E-state index contributed by atoms with van der Waals surface area (Å²) in [4.78, 5) is 73.1. The maximum absolute atomic E-state index is 13.1. The van der Waals surface area contributed by atoms with Gasteiger partial charge in [-0.05, 0) is 49.4 Å². The van der Waals surface area contributed by atoms with Crippen molar-refractivity contribution >= 4 is 39.5 Å². The molecule has 0 aliphatic heterocycles. The highest BCUT2D eigenvalue weighted by atomic mass is 31.2. The van der Waals surface area contributed by atoms with Gasteiger partial charge >= 0.3 is 39.5 Å². The van der Waals surface area contributed by atoms with E-state index in [0.717, 1.165) is 114 Å². The molecule has 0 aliphatic rings. The van der Waals surface area contributed by atoms with Crippen molar-refractivity contribution < 1.29 is 80.2 Å². The van der Waals surface area contributed by atoms with Crippen LogP contribution in [0.1, 0.15) is 428 Å². The number of phosphoric ester groups is 2. The SMILES string of the molecule is CCC(C)CCCCCCCCCCCCCCCCC(=O)OC[C@H](COP(=O)(O)OCC(O)COP(=O)(O)OC[C@@H](COC(=O)CCCCCCCCCC(C)C)OC(=O)CCCCCCCCCCCCCCC(C)C)OC(=O)CCCCCCCCCCCCCCCCCCC(C)C. The van der Waals surface area contributed by atoms with Crippen LogP contribution in [0.4, 0.5) is 0 Å². The number of hydrogen-bond acceptors (Lipinski definition) is 15. The largest absolute Gasteiger partial charge is 0.472 e. The lowest BCUT2D eigenvalue weighted by atomic mass is 9.99. The van der Waals surface area contributed by atoms with Crippen LogP contribution in [0, 0.1) is 23.7 Å². The van der Waals surface area contributed by atoms with Crippen LogP contribution < -0.4 is 0 Å². The van der Waals surface area contributed by atoms with Gasteiger partial charge in [0.15, 0.2) is 12.2 Å². The molecular formula is C83H162O17P2. The lowest BCUT2D eigenvalue weighted by Crippen LogP contribution is -2.30. The first kappa shape index (κ1) is 100. The molecule has 102 heavy (non-hydrogen) atoms. The van der Waals surface area contributed by atoms with E-state index < -0.39 is 97.5 Å². The number of aliphatic hydroxyl groups is 1. The van der Waals surface area contributed by atoms with Gasteiger partial charge in [-0.15, -0.1) is 0 Å². The van der Waals surface area contributed by atoms with Crippen molar-refractivity contribution in [2.24, 2.45) is 23.7 Å². The smallest absolute Gasteiger partial charge is 0.462 e. The molecule has 6 atom stereocenters. The van der Waals surface area contributed by atoms with Crippen LogP contribution in [0.25, 0.3) is 0 Å². The minimum Gasteiger partial charge on any atom is -0.462 e. The quantitative estimate of drug-likeness (QED) is 0.0222.